The van der Waals surface area contributed by atoms with Gasteiger partial charge in [0.1, 0.15) is 0 Å². The lowest BCUT2D eigenvalue weighted by Crippen LogP contribution is -2.57. The zero-order valence-electron chi connectivity index (χ0n) is 9.27. The summed E-state index contributed by atoms with van der Waals surface area (Å²) in [7, 11) is 0. The molecule has 0 unspecified atom stereocenters. The monoisotopic (exact) mass is 229 g/mol. The summed E-state index contributed by atoms with van der Waals surface area (Å²) < 4.78 is 0. The second kappa shape index (κ2) is 4.21. The lowest BCUT2D eigenvalue weighted by atomic mass is 9.92. The smallest absolute Gasteiger partial charge is 0.329 e. The van der Waals surface area contributed by atoms with Gasteiger partial charge in [-0.25, -0.2) is 4.79 Å². The van der Waals surface area contributed by atoms with Crippen LogP contribution < -0.4 is 0 Å². The van der Waals surface area contributed by atoms with Gasteiger partial charge in [0.25, 0.3) is 0 Å². The number of imide groups is 1. The van der Waals surface area contributed by atoms with Crippen molar-refractivity contribution in [1.29, 1.82) is 0 Å². The molecular weight excluding hydrogens is 214 g/mol. The fraction of sp³-hybridized carbons (Fsp3) is 0.700. The van der Waals surface area contributed by atoms with E-state index in [0.717, 1.165) is 0 Å². The van der Waals surface area contributed by atoms with Crippen LogP contribution in [-0.4, -0.2) is 44.5 Å². The molecule has 0 aliphatic carbocycles. The third-order valence-electron chi connectivity index (χ3n) is 2.89. The molecule has 1 aliphatic heterocycles. The molecule has 6 nitrogen and oxygen atoms in total. The van der Waals surface area contributed by atoms with E-state index in [9.17, 15) is 19.5 Å². The minimum Gasteiger partial charge on any atom is -0.480 e. The van der Waals surface area contributed by atoms with Crippen molar-refractivity contribution in [3.63, 3.8) is 0 Å². The topological polar surface area (TPSA) is 94.9 Å². The van der Waals surface area contributed by atoms with Crippen LogP contribution in [0.1, 0.15) is 33.1 Å². The Morgan fingerprint density at radius 2 is 1.88 bits per heavy atom. The van der Waals surface area contributed by atoms with E-state index in [-0.39, 0.29) is 19.3 Å². The molecule has 16 heavy (non-hydrogen) atoms. The van der Waals surface area contributed by atoms with Gasteiger partial charge >= 0.3 is 5.97 Å². The number of nitrogens with zero attached hydrogens (tertiary/aromatic N) is 1. The zero-order valence-corrected chi connectivity index (χ0v) is 9.27. The van der Waals surface area contributed by atoms with Gasteiger partial charge in [-0.1, -0.05) is 6.92 Å². The minimum absolute atomic E-state index is 0.0163. The first-order valence-corrected chi connectivity index (χ1v) is 5.11. The van der Waals surface area contributed by atoms with Crippen LogP contribution in [0.3, 0.4) is 0 Å². The maximum Gasteiger partial charge on any atom is 0.329 e. The molecule has 6 heteroatoms. The van der Waals surface area contributed by atoms with Crippen LogP contribution in [0.5, 0.6) is 0 Å². The number of rotatable bonds is 4. The first-order chi connectivity index (χ1) is 7.31. The highest BCUT2D eigenvalue weighted by molar-refractivity contribution is 6.05. The summed E-state index contributed by atoms with van der Waals surface area (Å²) in [5.41, 5.74) is -1.61. The molecule has 0 radical (unpaired) electrons. The Balaban J connectivity index is 3.08. The molecule has 0 aromatic carbocycles. The van der Waals surface area contributed by atoms with Crippen LogP contribution in [0.25, 0.3) is 0 Å². The van der Waals surface area contributed by atoms with Crippen LogP contribution in [0, 0.1) is 0 Å². The molecule has 2 N–H and O–H groups in total. The summed E-state index contributed by atoms with van der Waals surface area (Å²) in [4.78, 5) is 34.6. The summed E-state index contributed by atoms with van der Waals surface area (Å²) in [5, 5.41) is 19.0. The molecule has 2 amide bonds. The van der Waals surface area contributed by atoms with Crippen LogP contribution in [0.15, 0.2) is 0 Å². The predicted octanol–water partition coefficient (Wildman–Crippen LogP) is -0.250. The normalized spacial score (nSPS) is 22.1. The highest BCUT2D eigenvalue weighted by Crippen LogP contribution is 2.25. The van der Waals surface area contributed by atoms with Crippen LogP contribution in [0.2, 0.25) is 0 Å². The van der Waals surface area contributed by atoms with Gasteiger partial charge in [0.2, 0.25) is 11.8 Å². The Kier molecular flexibility index (Phi) is 3.32. The van der Waals surface area contributed by atoms with Crippen molar-refractivity contribution in [2.45, 2.75) is 44.8 Å². The molecular formula is C10H15NO5. The van der Waals surface area contributed by atoms with E-state index in [1.807, 2.05) is 0 Å². The van der Waals surface area contributed by atoms with Crippen molar-refractivity contribution in [3.8, 4) is 0 Å². The van der Waals surface area contributed by atoms with E-state index < -0.39 is 29.4 Å². The first kappa shape index (κ1) is 12.6. The highest BCUT2D eigenvalue weighted by atomic mass is 16.4. The second-order valence-electron chi connectivity index (χ2n) is 4.11. The van der Waals surface area contributed by atoms with Gasteiger partial charge in [0, 0.05) is 12.8 Å². The third kappa shape index (κ3) is 2.06. The Morgan fingerprint density at radius 3 is 2.19 bits per heavy atom. The van der Waals surface area contributed by atoms with Crippen molar-refractivity contribution < 1.29 is 24.6 Å². The molecule has 0 bridgehead atoms. The Hall–Kier alpha value is -1.43. The Morgan fingerprint density at radius 1 is 1.44 bits per heavy atom. The molecule has 1 aliphatic rings. The standard InChI is InChI=1S/C10H15NO5/c1-3-10(2,16)8(9(14)15)11-6(12)4-5-7(11)13/h8,16H,3-5H2,1-2H3,(H,14,15)/t8-,10-/m1/s1. The number of likely N-dealkylation sites (tertiary alicyclic amines) is 1. The SMILES string of the molecule is CC[C@@](C)(O)[C@@H](C(=O)O)N1C(=O)CCC1=O. The van der Waals surface area contributed by atoms with E-state index in [2.05, 4.69) is 0 Å². The Labute approximate surface area is 92.9 Å². The van der Waals surface area contributed by atoms with Gasteiger partial charge in [-0.3, -0.25) is 14.5 Å². The molecule has 0 saturated carbocycles. The van der Waals surface area contributed by atoms with Gasteiger partial charge in [-0.15, -0.1) is 0 Å². The lowest BCUT2D eigenvalue weighted by molar-refractivity contribution is -0.165. The van der Waals surface area contributed by atoms with Crippen LogP contribution >= 0.6 is 0 Å². The molecule has 0 spiro atoms. The van der Waals surface area contributed by atoms with Crippen LogP contribution in [0.4, 0.5) is 0 Å². The number of aliphatic carboxylic acids is 1. The van der Waals surface area contributed by atoms with E-state index in [1.165, 1.54) is 6.92 Å². The summed E-state index contributed by atoms with van der Waals surface area (Å²) in [5.74, 6) is -2.44. The third-order valence-corrected chi connectivity index (χ3v) is 2.89. The number of carboxylic acid groups (broad SMARTS) is 1. The first-order valence-electron chi connectivity index (χ1n) is 5.11. The molecule has 90 valence electrons. The molecule has 1 fully saturated rings. The van der Waals surface area contributed by atoms with E-state index in [0.29, 0.717) is 4.90 Å². The molecule has 0 aromatic heterocycles. The highest BCUT2D eigenvalue weighted by Gasteiger charge is 2.47. The molecule has 1 rings (SSSR count). The largest absolute Gasteiger partial charge is 0.480 e. The lowest BCUT2D eigenvalue weighted by Gasteiger charge is -2.34. The van der Waals surface area contributed by atoms with Gasteiger partial charge < -0.3 is 10.2 Å². The number of carboxylic acids is 1. The summed E-state index contributed by atoms with van der Waals surface area (Å²) in [6.07, 6.45) is 0.172. The predicted molar refractivity (Wildman–Crippen MR) is 53.4 cm³/mol. The van der Waals surface area contributed by atoms with Crippen molar-refractivity contribution in [2.24, 2.45) is 0 Å². The zero-order chi connectivity index (χ0) is 12.5. The molecule has 1 heterocycles. The fourth-order valence-electron chi connectivity index (χ4n) is 1.73. The number of carbonyl (C=O) groups is 3. The number of hydrogen-bond acceptors (Lipinski definition) is 4. The van der Waals surface area contributed by atoms with Crippen molar-refractivity contribution in [1.82, 2.24) is 4.90 Å². The molecule has 1 saturated heterocycles. The maximum absolute atomic E-state index is 11.4. The van der Waals surface area contributed by atoms with Gasteiger partial charge in [-0.05, 0) is 13.3 Å². The number of amides is 2. The number of hydrogen-bond donors (Lipinski definition) is 2. The van der Waals surface area contributed by atoms with Gasteiger partial charge in [-0.2, -0.15) is 0 Å². The Bertz CT molecular complexity index is 320. The maximum atomic E-state index is 11.4. The summed E-state index contributed by atoms with van der Waals surface area (Å²) in [6.45, 7) is 2.91. The second-order valence-corrected chi connectivity index (χ2v) is 4.11. The van der Waals surface area contributed by atoms with E-state index in [1.54, 1.807) is 6.92 Å². The van der Waals surface area contributed by atoms with Gasteiger partial charge in [0.15, 0.2) is 6.04 Å². The molecule has 0 aromatic rings. The van der Waals surface area contributed by atoms with Crippen molar-refractivity contribution in [2.75, 3.05) is 0 Å². The minimum atomic E-state index is -1.61. The average Bonchev–Trinajstić information content (AvgIpc) is 2.49. The van der Waals surface area contributed by atoms with Crippen molar-refractivity contribution >= 4 is 17.8 Å². The summed E-state index contributed by atoms with van der Waals surface area (Å²) in [6, 6.07) is -1.50. The van der Waals surface area contributed by atoms with Crippen molar-refractivity contribution in [3.05, 3.63) is 0 Å². The van der Waals surface area contributed by atoms with Crippen LogP contribution in [-0.2, 0) is 14.4 Å². The number of carbonyl (C=O) groups excluding carboxylic acids is 2. The van der Waals surface area contributed by atoms with E-state index >= 15 is 0 Å². The summed E-state index contributed by atoms with van der Waals surface area (Å²) >= 11 is 0. The molecule has 2 atom stereocenters. The van der Waals surface area contributed by atoms with Gasteiger partial charge in [0.05, 0.1) is 5.60 Å². The fourth-order valence-corrected chi connectivity index (χ4v) is 1.73. The van der Waals surface area contributed by atoms with E-state index in [4.69, 9.17) is 5.11 Å². The number of aliphatic hydroxyl groups is 1. The quantitative estimate of drug-likeness (QED) is 0.648. The average molecular weight is 229 g/mol.